The first kappa shape index (κ1) is 17.3. The summed E-state index contributed by atoms with van der Waals surface area (Å²) >= 11 is 2.94. The van der Waals surface area contributed by atoms with Gasteiger partial charge in [-0.05, 0) is 30.9 Å². The van der Waals surface area contributed by atoms with Gasteiger partial charge in [-0.3, -0.25) is 4.79 Å². The quantitative estimate of drug-likeness (QED) is 0.734. The Kier molecular flexibility index (Phi) is 4.60. The molecule has 3 aromatic heterocycles. The molecule has 0 unspecified atom stereocenters. The van der Waals surface area contributed by atoms with E-state index in [-0.39, 0.29) is 18.6 Å². The third kappa shape index (κ3) is 3.44. The predicted octanol–water partition coefficient (Wildman–Crippen LogP) is 2.62. The zero-order valence-electron chi connectivity index (χ0n) is 13.5. The molecule has 0 radical (unpaired) electrons. The Balaban J connectivity index is 1.98. The van der Waals surface area contributed by atoms with Crippen LogP contribution in [0.2, 0.25) is 0 Å². The topological polar surface area (TPSA) is 83.1 Å². The van der Waals surface area contributed by atoms with Crippen LogP contribution in [0.1, 0.15) is 21.1 Å². The molecule has 0 aromatic carbocycles. The molecule has 0 aliphatic heterocycles. The van der Waals surface area contributed by atoms with E-state index in [1.165, 1.54) is 27.0 Å². The number of thiophene rings is 2. The second kappa shape index (κ2) is 6.40. The highest BCUT2D eigenvalue weighted by Crippen LogP contribution is 2.26. The Hall–Kier alpha value is -1.55. The van der Waals surface area contributed by atoms with Crippen LogP contribution in [0.15, 0.2) is 22.3 Å². The number of nitrogens with zero attached hydrogens (tertiary/aromatic N) is 2. The lowest BCUT2D eigenvalue weighted by Gasteiger charge is -2.18. The van der Waals surface area contributed by atoms with Crippen LogP contribution in [-0.2, 0) is 23.1 Å². The number of hydrogen-bond acceptors (Lipinski definition) is 6. The van der Waals surface area contributed by atoms with Crippen LogP contribution in [0.25, 0.3) is 10.2 Å². The second-order valence-corrected chi connectivity index (χ2v) is 9.80. The monoisotopic (exact) mass is 383 g/mol. The minimum Gasteiger partial charge on any atom is -0.309 e. The van der Waals surface area contributed by atoms with Crippen LogP contribution >= 0.6 is 22.7 Å². The van der Waals surface area contributed by atoms with E-state index < -0.39 is 10.0 Å². The van der Waals surface area contributed by atoms with Crippen molar-refractivity contribution in [2.45, 2.75) is 26.9 Å². The summed E-state index contributed by atoms with van der Waals surface area (Å²) in [4.78, 5) is 22.1. The Bertz CT molecular complexity index is 1030. The normalized spacial score (nSPS) is 12.3. The van der Waals surface area contributed by atoms with E-state index in [1.807, 2.05) is 31.4 Å². The minimum atomic E-state index is -3.43. The number of aromatic nitrogens is 2. The van der Waals surface area contributed by atoms with E-state index in [4.69, 9.17) is 0 Å². The third-order valence-corrected chi connectivity index (χ3v) is 6.95. The number of sulfonamides is 1. The van der Waals surface area contributed by atoms with Crippen molar-refractivity contribution >= 4 is 42.9 Å². The van der Waals surface area contributed by atoms with Gasteiger partial charge in [-0.1, -0.05) is 6.07 Å². The van der Waals surface area contributed by atoms with Crippen LogP contribution < -0.4 is 5.56 Å². The molecule has 0 bridgehead atoms. The highest BCUT2D eigenvalue weighted by molar-refractivity contribution is 7.88. The van der Waals surface area contributed by atoms with Crippen LogP contribution in [-0.4, -0.2) is 28.9 Å². The van der Waals surface area contributed by atoms with E-state index >= 15 is 0 Å². The molecule has 1 N–H and O–H groups in total. The molecule has 0 atom stereocenters. The number of aryl methyl sites for hydroxylation is 2. The van der Waals surface area contributed by atoms with Crippen molar-refractivity contribution in [1.29, 1.82) is 0 Å². The highest BCUT2D eigenvalue weighted by Gasteiger charge is 2.20. The van der Waals surface area contributed by atoms with Gasteiger partial charge in [0.2, 0.25) is 10.0 Å². The van der Waals surface area contributed by atoms with E-state index in [2.05, 4.69) is 9.97 Å². The zero-order chi connectivity index (χ0) is 17.5. The van der Waals surface area contributed by atoms with Crippen molar-refractivity contribution in [3.8, 4) is 0 Å². The lowest BCUT2D eigenvalue weighted by atomic mass is 10.2. The summed E-state index contributed by atoms with van der Waals surface area (Å²) in [6, 6.07) is 3.76. The van der Waals surface area contributed by atoms with Gasteiger partial charge in [0.25, 0.3) is 5.56 Å². The van der Waals surface area contributed by atoms with Gasteiger partial charge < -0.3 is 4.98 Å². The standard InChI is InChI=1S/C15H17N3O3S3/c1-9-10(2)23-15-13(9)14(19)16-12(17-15)8-18(24(3,20)21)7-11-5-4-6-22-11/h4-6H,7-8H2,1-3H3,(H,16,17,19). The molecule has 3 heterocycles. The Morgan fingerprint density at radius 1 is 1.29 bits per heavy atom. The maximum atomic E-state index is 12.3. The molecule has 0 aliphatic rings. The molecule has 3 aromatic rings. The molecule has 0 fully saturated rings. The van der Waals surface area contributed by atoms with E-state index in [1.54, 1.807) is 0 Å². The average molecular weight is 384 g/mol. The van der Waals surface area contributed by atoms with Crippen LogP contribution in [0.3, 0.4) is 0 Å². The highest BCUT2D eigenvalue weighted by atomic mass is 32.2. The van der Waals surface area contributed by atoms with Gasteiger partial charge in [0.15, 0.2) is 0 Å². The second-order valence-electron chi connectivity index (χ2n) is 5.59. The summed E-state index contributed by atoms with van der Waals surface area (Å²) in [5, 5.41) is 2.49. The summed E-state index contributed by atoms with van der Waals surface area (Å²) in [5.41, 5.74) is 0.704. The molecule has 9 heteroatoms. The van der Waals surface area contributed by atoms with Crippen LogP contribution in [0.4, 0.5) is 0 Å². The van der Waals surface area contributed by atoms with Gasteiger partial charge >= 0.3 is 0 Å². The molecule has 24 heavy (non-hydrogen) atoms. The van der Waals surface area contributed by atoms with Gasteiger partial charge in [-0.15, -0.1) is 22.7 Å². The maximum Gasteiger partial charge on any atom is 0.259 e. The van der Waals surface area contributed by atoms with Gasteiger partial charge in [-0.2, -0.15) is 4.31 Å². The van der Waals surface area contributed by atoms with Crippen LogP contribution in [0, 0.1) is 13.8 Å². The molecular formula is C15H17N3O3S3. The molecule has 0 amide bonds. The SMILES string of the molecule is Cc1sc2nc(CN(Cc3cccs3)S(C)(=O)=O)[nH]c(=O)c2c1C. The maximum absolute atomic E-state index is 12.3. The molecule has 6 nitrogen and oxygen atoms in total. The summed E-state index contributed by atoms with van der Waals surface area (Å²) in [6.45, 7) is 4.14. The van der Waals surface area contributed by atoms with E-state index in [9.17, 15) is 13.2 Å². The molecule has 0 spiro atoms. The van der Waals surface area contributed by atoms with Crippen molar-refractivity contribution in [2.24, 2.45) is 0 Å². The van der Waals surface area contributed by atoms with Gasteiger partial charge in [0.05, 0.1) is 18.2 Å². The lowest BCUT2D eigenvalue weighted by molar-refractivity contribution is 0.399. The van der Waals surface area contributed by atoms with Crippen molar-refractivity contribution in [2.75, 3.05) is 6.26 Å². The van der Waals surface area contributed by atoms with Gasteiger partial charge in [0.1, 0.15) is 10.7 Å². The van der Waals surface area contributed by atoms with Crippen molar-refractivity contribution in [3.63, 3.8) is 0 Å². The van der Waals surface area contributed by atoms with Gasteiger partial charge in [0, 0.05) is 16.3 Å². The minimum absolute atomic E-state index is 0.0396. The molecular weight excluding hydrogens is 366 g/mol. The predicted molar refractivity (Wildman–Crippen MR) is 98.1 cm³/mol. The molecule has 0 aliphatic carbocycles. The zero-order valence-corrected chi connectivity index (χ0v) is 15.9. The number of hydrogen-bond donors (Lipinski definition) is 1. The van der Waals surface area contributed by atoms with Gasteiger partial charge in [-0.25, -0.2) is 13.4 Å². The van der Waals surface area contributed by atoms with E-state index in [0.717, 1.165) is 21.6 Å². The number of nitrogens with one attached hydrogen (secondary N) is 1. The molecule has 0 saturated heterocycles. The van der Waals surface area contributed by atoms with Crippen molar-refractivity contribution in [3.05, 3.63) is 49.0 Å². The summed E-state index contributed by atoms with van der Waals surface area (Å²) in [6.07, 6.45) is 1.16. The largest absolute Gasteiger partial charge is 0.309 e. The summed E-state index contributed by atoms with van der Waals surface area (Å²) < 4.78 is 25.5. The van der Waals surface area contributed by atoms with E-state index in [0.29, 0.717) is 16.0 Å². The molecule has 3 rings (SSSR count). The average Bonchev–Trinajstić information content (AvgIpc) is 3.06. The summed E-state index contributed by atoms with van der Waals surface area (Å²) in [5.74, 6) is 0.357. The van der Waals surface area contributed by atoms with Crippen molar-refractivity contribution in [1.82, 2.24) is 14.3 Å². The Morgan fingerprint density at radius 2 is 2.04 bits per heavy atom. The fourth-order valence-electron chi connectivity index (χ4n) is 2.41. The molecule has 128 valence electrons. The fraction of sp³-hybridized carbons (Fsp3) is 0.333. The number of fused-ring (bicyclic) bond motifs is 1. The summed E-state index contributed by atoms with van der Waals surface area (Å²) in [7, 11) is -3.43. The first-order chi connectivity index (χ1) is 11.3. The Morgan fingerprint density at radius 3 is 2.67 bits per heavy atom. The smallest absolute Gasteiger partial charge is 0.259 e. The van der Waals surface area contributed by atoms with Crippen LogP contribution in [0.5, 0.6) is 0 Å². The first-order valence-electron chi connectivity index (χ1n) is 7.22. The van der Waals surface area contributed by atoms with Crippen molar-refractivity contribution < 1.29 is 8.42 Å². The number of aromatic amines is 1. The molecule has 0 saturated carbocycles. The number of H-pyrrole nitrogens is 1. The first-order valence-corrected chi connectivity index (χ1v) is 10.8. The number of rotatable bonds is 5. The fourth-order valence-corrected chi connectivity index (χ4v) is 4.99. The lowest BCUT2D eigenvalue weighted by Crippen LogP contribution is -2.30. The Labute approximate surface area is 147 Å². The third-order valence-electron chi connectivity index (χ3n) is 3.80.